The standard InChI is InChI=1S/C27H26ClFN2O3S/c28-20-3-1-2-19(14-20)27(33)30(15-18-4-5-18)16-26(32)31-12-10-25-23(11-13-35-25)24(31)17-34-22-8-6-21(29)7-9-22/h1-3,6-9,11,13-14,18,24H,4-5,10,12,15-17H2/t24-/m1/s1. The van der Waals surface area contributed by atoms with Crippen molar-refractivity contribution < 1.29 is 18.7 Å². The van der Waals surface area contributed by atoms with Gasteiger partial charge in [0.15, 0.2) is 0 Å². The maximum Gasteiger partial charge on any atom is 0.254 e. The van der Waals surface area contributed by atoms with Gasteiger partial charge in [0.25, 0.3) is 5.91 Å². The first-order valence-electron chi connectivity index (χ1n) is 11.8. The third-order valence-corrected chi connectivity index (χ3v) is 7.73. The van der Waals surface area contributed by atoms with Crippen LogP contribution >= 0.6 is 22.9 Å². The number of rotatable bonds is 8. The zero-order chi connectivity index (χ0) is 24.4. The minimum absolute atomic E-state index is 0.00830. The van der Waals surface area contributed by atoms with Crippen LogP contribution in [0.25, 0.3) is 0 Å². The highest BCUT2D eigenvalue weighted by atomic mass is 35.5. The van der Waals surface area contributed by atoms with Crippen LogP contribution in [0.3, 0.4) is 0 Å². The van der Waals surface area contributed by atoms with E-state index in [1.54, 1.807) is 52.6 Å². The molecule has 0 spiro atoms. The van der Waals surface area contributed by atoms with Gasteiger partial charge in [0.1, 0.15) is 24.7 Å². The van der Waals surface area contributed by atoms with Crippen LogP contribution in [-0.4, -0.2) is 47.9 Å². The van der Waals surface area contributed by atoms with E-state index < -0.39 is 0 Å². The highest BCUT2D eigenvalue weighted by molar-refractivity contribution is 7.10. The number of carbonyl (C=O) groups is 2. The van der Waals surface area contributed by atoms with Crippen LogP contribution in [0.4, 0.5) is 4.39 Å². The quantitative estimate of drug-likeness (QED) is 0.395. The summed E-state index contributed by atoms with van der Waals surface area (Å²) in [6.45, 7) is 1.39. The summed E-state index contributed by atoms with van der Waals surface area (Å²) in [6.07, 6.45) is 2.92. The second kappa shape index (κ2) is 10.4. The van der Waals surface area contributed by atoms with Gasteiger partial charge in [-0.1, -0.05) is 17.7 Å². The number of halogens is 2. The van der Waals surface area contributed by atoms with Crippen molar-refractivity contribution >= 4 is 34.8 Å². The molecule has 1 aliphatic carbocycles. The molecule has 0 N–H and O–H groups in total. The van der Waals surface area contributed by atoms with E-state index in [9.17, 15) is 14.0 Å². The third-order valence-electron chi connectivity index (χ3n) is 6.50. The molecule has 0 radical (unpaired) electrons. The number of amides is 2. The first-order chi connectivity index (χ1) is 17.0. The van der Waals surface area contributed by atoms with Gasteiger partial charge in [0.05, 0.1) is 6.04 Å². The zero-order valence-electron chi connectivity index (χ0n) is 19.2. The Hall–Kier alpha value is -2.90. The highest BCUT2D eigenvalue weighted by Gasteiger charge is 2.35. The summed E-state index contributed by atoms with van der Waals surface area (Å²) < 4.78 is 19.3. The van der Waals surface area contributed by atoms with Gasteiger partial charge in [0.2, 0.25) is 5.91 Å². The van der Waals surface area contributed by atoms with Crippen LogP contribution in [0.5, 0.6) is 5.75 Å². The summed E-state index contributed by atoms with van der Waals surface area (Å²) in [5.74, 6) is 0.374. The number of hydrogen-bond acceptors (Lipinski definition) is 4. The number of benzene rings is 2. The van der Waals surface area contributed by atoms with Crippen molar-refractivity contribution in [1.29, 1.82) is 0 Å². The number of nitrogens with zero attached hydrogens (tertiary/aromatic N) is 2. The number of ether oxygens (including phenoxy) is 1. The molecule has 5 rings (SSSR count). The Bertz CT molecular complexity index is 1210. The molecule has 0 unspecified atom stereocenters. The van der Waals surface area contributed by atoms with E-state index >= 15 is 0 Å². The molecule has 35 heavy (non-hydrogen) atoms. The van der Waals surface area contributed by atoms with Crippen LogP contribution in [0, 0.1) is 11.7 Å². The first kappa shape index (κ1) is 23.8. The van der Waals surface area contributed by atoms with Gasteiger partial charge in [-0.3, -0.25) is 9.59 Å². The molecule has 5 nitrogen and oxygen atoms in total. The minimum Gasteiger partial charge on any atom is -0.491 e. The summed E-state index contributed by atoms with van der Waals surface area (Å²) in [6, 6.07) is 14.5. The second-order valence-electron chi connectivity index (χ2n) is 9.06. The molecule has 1 fully saturated rings. The summed E-state index contributed by atoms with van der Waals surface area (Å²) >= 11 is 7.79. The highest BCUT2D eigenvalue weighted by Crippen LogP contribution is 2.35. The molecule has 2 heterocycles. The molecule has 1 aromatic heterocycles. The molecule has 2 amide bonds. The maximum absolute atomic E-state index is 13.6. The Balaban J connectivity index is 1.34. The first-order valence-corrected chi connectivity index (χ1v) is 13.0. The molecular formula is C27H26ClFN2O3S. The van der Waals surface area contributed by atoms with Crippen LogP contribution < -0.4 is 4.74 Å². The average Bonchev–Trinajstić information content (AvgIpc) is 3.54. The van der Waals surface area contributed by atoms with Gasteiger partial charge in [-0.2, -0.15) is 0 Å². The Morgan fingerprint density at radius 2 is 1.94 bits per heavy atom. The molecule has 0 saturated heterocycles. The predicted octanol–water partition coefficient (Wildman–Crippen LogP) is 5.60. The molecule has 0 bridgehead atoms. The van der Waals surface area contributed by atoms with Gasteiger partial charge in [-0.15, -0.1) is 11.3 Å². The lowest BCUT2D eigenvalue weighted by Crippen LogP contribution is -2.48. The van der Waals surface area contributed by atoms with Gasteiger partial charge in [-0.25, -0.2) is 4.39 Å². The molecule has 1 aliphatic heterocycles. The fourth-order valence-electron chi connectivity index (χ4n) is 4.47. The minimum atomic E-state index is -0.327. The summed E-state index contributed by atoms with van der Waals surface area (Å²) in [5, 5.41) is 2.53. The van der Waals surface area contributed by atoms with Crippen LogP contribution in [0.2, 0.25) is 5.02 Å². The van der Waals surface area contributed by atoms with Gasteiger partial charge >= 0.3 is 0 Å². The maximum atomic E-state index is 13.6. The van der Waals surface area contributed by atoms with Crippen molar-refractivity contribution in [2.45, 2.75) is 25.3 Å². The molecule has 2 aromatic carbocycles. The van der Waals surface area contributed by atoms with Gasteiger partial charge in [-0.05, 0) is 84.7 Å². The number of fused-ring (bicyclic) bond motifs is 1. The molecule has 182 valence electrons. The Morgan fingerprint density at radius 3 is 2.69 bits per heavy atom. The average molecular weight is 513 g/mol. The van der Waals surface area contributed by atoms with Crippen LogP contribution in [-0.2, 0) is 11.2 Å². The Morgan fingerprint density at radius 1 is 1.14 bits per heavy atom. The smallest absolute Gasteiger partial charge is 0.254 e. The van der Waals surface area contributed by atoms with E-state index in [4.69, 9.17) is 16.3 Å². The summed E-state index contributed by atoms with van der Waals surface area (Å²) in [5.41, 5.74) is 1.56. The summed E-state index contributed by atoms with van der Waals surface area (Å²) in [4.78, 5) is 31.6. The topological polar surface area (TPSA) is 49.9 Å². The van der Waals surface area contributed by atoms with Crippen molar-refractivity contribution in [2.75, 3.05) is 26.2 Å². The lowest BCUT2D eigenvalue weighted by Gasteiger charge is -2.37. The molecule has 3 aromatic rings. The lowest BCUT2D eigenvalue weighted by molar-refractivity contribution is -0.135. The molecular weight excluding hydrogens is 487 g/mol. The summed E-state index contributed by atoms with van der Waals surface area (Å²) in [7, 11) is 0. The number of hydrogen-bond donors (Lipinski definition) is 0. The van der Waals surface area contributed by atoms with E-state index in [2.05, 4.69) is 0 Å². The SMILES string of the molecule is O=C(c1cccc(Cl)c1)N(CC(=O)N1CCc2sccc2[C@H]1COc1ccc(F)cc1)CC1CC1. The predicted molar refractivity (Wildman–Crippen MR) is 134 cm³/mol. The fraction of sp³-hybridized carbons (Fsp3) is 0.333. The Labute approximate surface area is 213 Å². The van der Waals surface area contributed by atoms with Gasteiger partial charge < -0.3 is 14.5 Å². The second-order valence-corrected chi connectivity index (χ2v) is 10.5. The molecule has 8 heteroatoms. The van der Waals surface area contributed by atoms with Gasteiger partial charge in [0, 0.05) is 28.6 Å². The van der Waals surface area contributed by atoms with Crippen molar-refractivity contribution in [2.24, 2.45) is 5.92 Å². The lowest BCUT2D eigenvalue weighted by atomic mass is 10.0. The molecule has 1 saturated carbocycles. The van der Waals surface area contributed by atoms with Crippen molar-refractivity contribution in [1.82, 2.24) is 9.80 Å². The van der Waals surface area contributed by atoms with Crippen molar-refractivity contribution in [3.8, 4) is 5.75 Å². The van der Waals surface area contributed by atoms with E-state index in [1.165, 1.54) is 17.0 Å². The third kappa shape index (κ3) is 5.68. The fourth-order valence-corrected chi connectivity index (χ4v) is 5.59. The number of carbonyl (C=O) groups excluding carboxylic acids is 2. The van der Waals surface area contributed by atoms with E-state index in [1.807, 2.05) is 16.3 Å². The monoisotopic (exact) mass is 512 g/mol. The molecule has 2 aliphatic rings. The van der Waals surface area contributed by atoms with E-state index in [-0.39, 0.29) is 36.8 Å². The van der Waals surface area contributed by atoms with Crippen LogP contribution in [0.1, 0.15) is 39.7 Å². The Kier molecular flexibility index (Phi) is 7.07. The zero-order valence-corrected chi connectivity index (χ0v) is 20.7. The van der Waals surface area contributed by atoms with E-state index in [0.29, 0.717) is 35.3 Å². The van der Waals surface area contributed by atoms with E-state index in [0.717, 1.165) is 24.8 Å². The van der Waals surface area contributed by atoms with Crippen molar-refractivity contribution in [3.63, 3.8) is 0 Å². The molecule has 1 atom stereocenters. The van der Waals surface area contributed by atoms with Crippen LogP contribution in [0.15, 0.2) is 60.0 Å². The number of thiophene rings is 1. The largest absolute Gasteiger partial charge is 0.491 e. The normalized spacial score (nSPS) is 17.1. The van der Waals surface area contributed by atoms with Crippen molar-refractivity contribution in [3.05, 3.63) is 86.8 Å².